The van der Waals surface area contributed by atoms with E-state index in [0.29, 0.717) is 17.9 Å². The number of carboxylic acids is 1. The number of carbonyl (C=O) groups is 4. The topological polar surface area (TPSA) is 139 Å². The van der Waals surface area contributed by atoms with Crippen LogP contribution < -0.4 is 11.1 Å². The van der Waals surface area contributed by atoms with Crippen molar-refractivity contribution in [2.45, 2.75) is 50.4 Å². The Morgan fingerprint density at radius 1 is 1.24 bits per heavy atom. The van der Waals surface area contributed by atoms with E-state index in [1.807, 2.05) is 0 Å². The number of carboxylic acid groups (broad SMARTS) is 1. The van der Waals surface area contributed by atoms with Crippen LogP contribution in [0.4, 0.5) is 0 Å². The van der Waals surface area contributed by atoms with E-state index in [9.17, 15) is 24.3 Å². The Bertz CT molecular complexity index is 806. The number of thioether (sulfide) groups is 1. The van der Waals surface area contributed by atoms with Crippen LogP contribution in [0.25, 0.3) is 0 Å². The highest BCUT2D eigenvalue weighted by Gasteiger charge is 2.54. The van der Waals surface area contributed by atoms with Gasteiger partial charge in [-0.2, -0.15) is 0 Å². The number of nitrogens with one attached hydrogen (secondary N) is 1. The third-order valence-corrected chi connectivity index (χ3v) is 6.68. The van der Waals surface area contributed by atoms with Crippen molar-refractivity contribution in [3.63, 3.8) is 0 Å². The summed E-state index contributed by atoms with van der Waals surface area (Å²) in [4.78, 5) is 49.0. The van der Waals surface area contributed by atoms with Crippen LogP contribution in [0, 0.1) is 0 Å². The van der Waals surface area contributed by atoms with Crippen LogP contribution in [0.5, 0.6) is 0 Å². The Morgan fingerprint density at radius 2 is 1.93 bits per heavy atom. The first-order valence-electron chi connectivity index (χ1n) is 9.56. The molecule has 0 aromatic rings. The van der Waals surface area contributed by atoms with Crippen LogP contribution in [0.3, 0.4) is 0 Å². The monoisotopic (exact) mass is 423 g/mol. The summed E-state index contributed by atoms with van der Waals surface area (Å²) in [5.74, 6) is -2.19. The smallest absolute Gasteiger partial charge is 0.352 e. The average molecular weight is 423 g/mol. The highest BCUT2D eigenvalue weighted by Crippen LogP contribution is 2.40. The fourth-order valence-corrected chi connectivity index (χ4v) is 5.22. The molecule has 0 bridgehead atoms. The van der Waals surface area contributed by atoms with Crippen LogP contribution in [0.15, 0.2) is 22.4 Å². The lowest BCUT2D eigenvalue weighted by molar-refractivity contribution is -0.151. The van der Waals surface area contributed by atoms with E-state index in [4.69, 9.17) is 10.5 Å². The molecule has 0 unspecified atom stereocenters. The van der Waals surface area contributed by atoms with Gasteiger partial charge in [0.25, 0.3) is 5.91 Å². The molecule has 2 aliphatic heterocycles. The molecule has 1 aliphatic carbocycles. The van der Waals surface area contributed by atoms with E-state index in [1.165, 1.54) is 23.6 Å². The van der Waals surface area contributed by atoms with Crippen molar-refractivity contribution in [2.24, 2.45) is 5.73 Å². The summed E-state index contributed by atoms with van der Waals surface area (Å²) < 4.78 is 4.90. The highest BCUT2D eigenvalue weighted by atomic mass is 32.2. The molecule has 0 saturated carbocycles. The first-order valence-corrected chi connectivity index (χ1v) is 10.6. The van der Waals surface area contributed by atoms with Gasteiger partial charge in [-0.15, -0.1) is 11.8 Å². The van der Waals surface area contributed by atoms with Gasteiger partial charge in [0.2, 0.25) is 5.91 Å². The molecule has 2 heterocycles. The lowest BCUT2D eigenvalue weighted by Crippen LogP contribution is -2.70. The number of β-lactam (4-membered cyclic amide) rings is 1. The summed E-state index contributed by atoms with van der Waals surface area (Å²) in [6, 6.07) is -0.761. The van der Waals surface area contributed by atoms with Gasteiger partial charge >= 0.3 is 11.9 Å². The van der Waals surface area contributed by atoms with E-state index in [-0.39, 0.29) is 24.6 Å². The number of nitrogens with two attached hydrogens (primary N) is 1. The second-order valence-corrected chi connectivity index (χ2v) is 8.39. The minimum Gasteiger partial charge on any atom is -0.477 e. The Balaban J connectivity index is 1.67. The van der Waals surface area contributed by atoms with Gasteiger partial charge in [0.05, 0.1) is 0 Å². The largest absolute Gasteiger partial charge is 0.477 e. The molecule has 0 radical (unpaired) electrons. The quantitative estimate of drug-likeness (QED) is 0.306. The fraction of sp³-hybridized carbons (Fsp3) is 0.579. The normalized spacial score (nSPS) is 24.1. The van der Waals surface area contributed by atoms with E-state index >= 15 is 0 Å². The molecular weight excluding hydrogens is 398 g/mol. The predicted octanol–water partition coefficient (Wildman–Crippen LogP) is 0.508. The van der Waals surface area contributed by atoms with E-state index in [1.54, 1.807) is 0 Å². The third-order valence-electron chi connectivity index (χ3n) is 5.34. The molecule has 0 spiro atoms. The van der Waals surface area contributed by atoms with Gasteiger partial charge in [-0.05, 0) is 25.7 Å². The molecular formula is C19H25N3O6S. The molecule has 3 aliphatic rings. The molecule has 158 valence electrons. The minimum absolute atomic E-state index is 0.161. The van der Waals surface area contributed by atoms with Crippen molar-refractivity contribution in [1.29, 1.82) is 0 Å². The lowest BCUT2D eigenvalue weighted by Gasteiger charge is -2.49. The number of ether oxygens (including phenoxy) is 1. The minimum atomic E-state index is -1.25. The summed E-state index contributed by atoms with van der Waals surface area (Å²) in [5.41, 5.74) is 8.14. The Hall–Kier alpha value is -2.33. The summed E-state index contributed by atoms with van der Waals surface area (Å²) in [7, 11) is 0. The molecule has 4 N–H and O–H groups in total. The van der Waals surface area contributed by atoms with Crippen molar-refractivity contribution in [3.05, 3.63) is 22.4 Å². The number of esters is 1. The first kappa shape index (κ1) is 21.4. The van der Waals surface area contributed by atoms with Crippen LogP contribution in [0.1, 0.15) is 39.0 Å². The summed E-state index contributed by atoms with van der Waals surface area (Å²) in [5, 5.41) is 11.8. The number of hydrogen-bond acceptors (Lipinski definition) is 7. The predicted molar refractivity (Wildman–Crippen MR) is 105 cm³/mol. The maximum absolute atomic E-state index is 12.6. The maximum atomic E-state index is 12.6. The summed E-state index contributed by atoms with van der Waals surface area (Å²) in [6.45, 7) is 1.50. The Labute approximate surface area is 172 Å². The van der Waals surface area contributed by atoms with Gasteiger partial charge in [-0.3, -0.25) is 19.3 Å². The van der Waals surface area contributed by atoms with E-state index in [2.05, 4.69) is 5.32 Å². The van der Waals surface area contributed by atoms with E-state index < -0.39 is 29.3 Å². The van der Waals surface area contributed by atoms with Gasteiger partial charge in [0, 0.05) is 31.2 Å². The first-order chi connectivity index (χ1) is 13.8. The maximum Gasteiger partial charge on any atom is 0.352 e. The van der Waals surface area contributed by atoms with Crippen LogP contribution in [-0.4, -0.2) is 64.1 Å². The highest BCUT2D eigenvalue weighted by molar-refractivity contribution is 8.00. The zero-order chi connectivity index (χ0) is 21.1. The van der Waals surface area contributed by atoms with Gasteiger partial charge in [0.15, 0.2) is 0 Å². The number of hydrogen-bond donors (Lipinski definition) is 3. The second kappa shape index (κ2) is 9.00. The van der Waals surface area contributed by atoms with Crippen molar-refractivity contribution in [1.82, 2.24) is 10.2 Å². The molecule has 3 rings (SSSR count). The Morgan fingerprint density at radius 3 is 2.55 bits per heavy atom. The third kappa shape index (κ3) is 4.48. The van der Waals surface area contributed by atoms with Crippen LogP contribution >= 0.6 is 11.8 Å². The second-order valence-electron chi connectivity index (χ2n) is 7.29. The molecule has 9 nitrogen and oxygen atoms in total. The van der Waals surface area contributed by atoms with Gasteiger partial charge in [-0.1, -0.05) is 11.1 Å². The van der Waals surface area contributed by atoms with Gasteiger partial charge in [-0.25, -0.2) is 4.79 Å². The lowest BCUT2D eigenvalue weighted by atomic mass is 9.89. The molecule has 1 saturated heterocycles. The molecule has 0 aromatic carbocycles. The zero-order valence-electron chi connectivity index (χ0n) is 16.2. The Kier molecular flexibility index (Phi) is 6.63. The number of amides is 2. The van der Waals surface area contributed by atoms with E-state index in [0.717, 1.165) is 36.8 Å². The number of nitrogens with zero attached hydrogens (tertiary/aromatic N) is 1. The number of carbonyl (C=O) groups excluding carboxylic acids is 3. The molecule has 1 fully saturated rings. The SMILES string of the molecule is CC(=O)OCC1=C(C(=O)O)N2C(=O)[C@@H](NC(=O)CC3=C(CN)CCCC3)[C@H]2SC1. The molecule has 2 atom stereocenters. The molecule has 29 heavy (non-hydrogen) atoms. The standard InChI is InChI=1S/C19H25N3O6S/c1-10(23)28-8-13-9-29-18-15(17(25)22(18)16(13)19(26)27)21-14(24)6-11-4-2-3-5-12(11)7-20/h15,18H,2-9,20H2,1H3,(H,21,24)(H,26,27)/t15-,18-/m1/s1. The van der Waals surface area contributed by atoms with Crippen molar-refractivity contribution < 1.29 is 29.0 Å². The molecule has 2 amide bonds. The fourth-order valence-electron chi connectivity index (χ4n) is 3.89. The van der Waals surface area contributed by atoms with Crippen molar-refractivity contribution >= 4 is 35.5 Å². The van der Waals surface area contributed by atoms with Gasteiger partial charge < -0.3 is 20.9 Å². The molecule has 0 aromatic heterocycles. The molecule has 10 heteroatoms. The average Bonchev–Trinajstić information content (AvgIpc) is 2.69. The van der Waals surface area contributed by atoms with Crippen molar-refractivity contribution in [2.75, 3.05) is 18.9 Å². The van der Waals surface area contributed by atoms with Gasteiger partial charge in [0.1, 0.15) is 23.7 Å². The van der Waals surface area contributed by atoms with Crippen LogP contribution in [-0.2, 0) is 23.9 Å². The number of aliphatic carboxylic acids is 1. The summed E-state index contributed by atoms with van der Waals surface area (Å²) >= 11 is 1.34. The number of rotatable bonds is 7. The van der Waals surface area contributed by atoms with Crippen LogP contribution in [0.2, 0.25) is 0 Å². The summed E-state index contributed by atoms with van der Waals surface area (Å²) in [6.07, 6.45) is 4.07. The number of fused-ring (bicyclic) bond motifs is 1. The van der Waals surface area contributed by atoms with Crippen molar-refractivity contribution in [3.8, 4) is 0 Å². The zero-order valence-corrected chi connectivity index (χ0v) is 17.0.